The quantitative estimate of drug-likeness (QED) is 0.776. The first-order valence-corrected chi connectivity index (χ1v) is 9.45. The van der Waals surface area contributed by atoms with Gasteiger partial charge < -0.3 is 10.2 Å². The maximum absolute atomic E-state index is 12.7. The summed E-state index contributed by atoms with van der Waals surface area (Å²) >= 11 is 11.9. The van der Waals surface area contributed by atoms with Crippen LogP contribution in [0.4, 0.5) is 5.69 Å². The molecule has 0 bridgehead atoms. The number of nitrogens with zero attached hydrogens (tertiary/aromatic N) is 1. The first kappa shape index (κ1) is 18.7. The van der Waals surface area contributed by atoms with Crippen LogP contribution in [-0.4, -0.2) is 29.8 Å². The molecule has 1 heterocycles. The summed E-state index contributed by atoms with van der Waals surface area (Å²) in [6.07, 6.45) is 4.42. The van der Waals surface area contributed by atoms with E-state index >= 15 is 0 Å². The molecule has 2 aromatic carbocycles. The van der Waals surface area contributed by atoms with Gasteiger partial charge in [0.15, 0.2) is 0 Å². The maximum Gasteiger partial charge on any atom is 0.255 e. The zero-order valence-corrected chi connectivity index (χ0v) is 15.8. The van der Waals surface area contributed by atoms with Crippen molar-refractivity contribution in [1.29, 1.82) is 0 Å². The summed E-state index contributed by atoms with van der Waals surface area (Å²) in [5.41, 5.74) is 1.51. The molecule has 1 aliphatic heterocycles. The van der Waals surface area contributed by atoms with Crippen LogP contribution >= 0.6 is 23.2 Å². The second-order valence-corrected chi connectivity index (χ2v) is 7.27. The van der Waals surface area contributed by atoms with Crippen molar-refractivity contribution in [3.63, 3.8) is 0 Å². The minimum absolute atomic E-state index is 0.00815. The predicted molar refractivity (Wildman–Crippen MR) is 105 cm³/mol. The number of nitrogens with one attached hydrogen (secondary N) is 1. The van der Waals surface area contributed by atoms with E-state index in [0.717, 1.165) is 25.9 Å². The number of rotatable bonds is 3. The van der Waals surface area contributed by atoms with Crippen LogP contribution in [0.3, 0.4) is 0 Å². The number of carbonyl (C=O) groups is 2. The van der Waals surface area contributed by atoms with E-state index in [1.165, 1.54) is 12.8 Å². The van der Waals surface area contributed by atoms with Gasteiger partial charge in [-0.2, -0.15) is 0 Å². The van der Waals surface area contributed by atoms with Gasteiger partial charge in [0.25, 0.3) is 11.8 Å². The Morgan fingerprint density at radius 1 is 0.846 bits per heavy atom. The smallest absolute Gasteiger partial charge is 0.255 e. The molecule has 0 saturated carbocycles. The number of amides is 2. The van der Waals surface area contributed by atoms with Crippen molar-refractivity contribution in [1.82, 2.24) is 4.90 Å². The molecule has 2 amide bonds. The zero-order valence-electron chi connectivity index (χ0n) is 14.3. The van der Waals surface area contributed by atoms with E-state index in [0.29, 0.717) is 26.9 Å². The number of hydrogen-bond donors (Lipinski definition) is 1. The molecule has 0 unspecified atom stereocenters. The summed E-state index contributed by atoms with van der Waals surface area (Å²) in [4.78, 5) is 27.0. The van der Waals surface area contributed by atoms with E-state index in [4.69, 9.17) is 23.2 Å². The Morgan fingerprint density at radius 3 is 2.15 bits per heavy atom. The van der Waals surface area contributed by atoms with E-state index in [2.05, 4.69) is 5.32 Å². The standard InChI is InChI=1S/C20H20Cl2N2O2/c21-16-10-15(11-17(22)13-16)19(25)23-18-7-5-6-14(12-18)20(26)24-8-3-1-2-4-9-24/h5-7,10-13H,1-4,8-9H2,(H,23,25). The Morgan fingerprint density at radius 2 is 1.50 bits per heavy atom. The molecule has 136 valence electrons. The molecule has 0 radical (unpaired) electrons. The number of likely N-dealkylation sites (tertiary alicyclic amines) is 1. The molecule has 1 aliphatic rings. The third-order valence-corrected chi connectivity index (χ3v) is 4.82. The van der Waals surface area contributed by atoms with Crippen molar-refractivity contribution >= 4 is 40.7 Å². The van der Waals surface area contributed by atoms with Crippen molar-refractivity contribution in [3.8, 4) is 0 Å². The Balaban J connectivity index is 1.74. The maximum atomic E-state index is 12.7. The molecule has 1 fully saturated rings. The van der Waals surface area contributed by atoms with Crippen LogP contribution in [0.1, 0.15) is 46.4 Å². The summed E-state index contributed by atoms with van der Waals surface area (Å²) in [5, 5.41) is 3.59. The molecule has 2 aromatic rings. The lowest BCUT2D eigenvalue weighted by Crippen LogP contribution is -2.31. The van der Waals surface area contributed by atoms with E-state index in [9.17, 15) is 9.59 Å². The van der Waals surface area contributed by atoms with Crippen LogP contribution in [0.15, 0.2) is 42.5 Å². The van der Waals surface area contributed by atoms with Crippen molar-refractivity contribution < 1.29 is 9.59 Å². The second kappa shape index (κ2) is 8.56. The number of carbonyl (C=O) groups excluding carboxylic acids is 2. The lowest BCUT2D eigenvalue weighted by atomic mass is 10.1. The molecule has 1 saturated heterocycles. The molecule has 0 aliphatic carbocycles. The van der Waals surface area contributed by atoms with Gasteiger partial charge in [-0.25, -0.2) is 0 Å². The molecule has 0 aromatic heterocycles. The predicted octanol–water partition coefficient (Wildman–Crippen LogP) is 5.26. The van der Waals surface area contributed by atoms with Crippen LogP contribution in [0.25, 0.3) is 0 Å². The summed E-state index contributed by atoms with van der Waals surface area (Å²) in [6.45, 7) is 1.58. The summed E-state index contributed by atoms with van der Waals surface area (Å²) in [5.74, 6) is -0.317. The average Bonchev–Trinajstić information content (AvgIpc) is 2.90. The first-order chi connectivity index (χ1) is 12.5. The molecular formula is C20H20Cl2N2O2. The average molecular weight is 391 g/mol. The SMILES string of the molecule is O=C(Nc1cccc(C(=O)N2CCCCCC2)c1)c1cc(Cl)cc(Cl)c1. The van der Waals surface area contributed by atoms with Crippen LogP contribution in [0.5, 0.6) is 0 Å². The Labute approximate surface area is 163 Å². The molecule has 26 heavy (non-hydrogen) atoms. The van der Waals surface area contributed by atoms with Gasteiger partial charge >= 0.3 is 0 Å². The van der Waals surface area contributed by atoms with Crippen molar-refractivity contribution in [3.05, 3.63) is 63.6 Å². The number of anilines is 1. The highest BCUT2D eigenvalue weighted by Gasteiger charge is 2.18. The van der Waals surface area contributed by atoms with Crippen LogP contribution in [-0.2, 0) is 0 Å². The molecule has 4 nitrogen and oxygen atoms in total. The van der Waals surface area contributed by atoms with Crippen molar-refractivity contribution in [2.45, 2.75) is 25.7 Å². The van der Waals surface area contributed by atoms with Crippen molar-refractivity contribution in [2.75, 3.05) is 18.4 Å². The van der Waals surface area contributed by atoms with E-state index < -0.39 is 0 Å². The van der Waals surface area contributed by atoms with Gasteiger partial charge in [0.2, 0.25) is 0 Å². The Bertz CT molecular complexity index is 795. The Kier molecular flexibility index (Phi) is 6.17. The third-order valence-electron chi connectivity index (χ3n) is 4.39. The van der Waals surface area contributed by atoms with Gasteiger partial charge in [0, 0.05) is 39.9 Å². The fraction of sp³-hybridized carbons (Fsp3) is 0.300. The van der Waals surface area contributed by atoms with Crippen molar-refractivity contribution in [2.24, 2.45) is 0 Å². The number of halogens is 2. The highest BCUT2D eigenvalue weighted by molar-refractivity contribution is 6.35. The fourth-order valence-electron chi connectivity index (χ4n) is 3.07. The molecule has 1 N–H and O–H groups in total. The zero-order chi connectivity index (χ0) is 18.5. The molecule has 0 atom stereocenters. The molecular weight excluding hydrogens is 371 g/mol. The van der Waals surface area contributed by atoms with Crippen LogP contribution < -0.4 is 5.32 Å². The lowest BCUT2D eigenvalue weighted by molar-refractivity contribution is 0.0761. The largest absolute Gasteiger partial charge is 0.339 e. The normalized spacial score (nSPS) is 14.6. The number of hydrogen-bond acceptors (Lipinski definition) is 2. The van der Waals surface area contributed by atoms with Gasteiger partial charge in [-0.3, -0.25) is 9.59 Å². The van der Waals surface area contributed by atoms with Gasteiger partial charge in [-0.05, 0) is 49.2 Å². The molecule has 3 rings (SSSR count). The molecule has 0 spiro atoms. The number of benzene rings is 2. The monoisotopic (exact) mass is 390 g/mol. The van der Waals surface area contributed by atoms with Crippen LogP contribution in [0.2, 0.25) is 10.0 Å². The van der Waals surface area contributed by atoms with Gasteiger partial charge in [-0.1, -0.05) is 42.1 Å². The second-order valence-electron chi connectivity index (χ2n) is 6.40. The third kappa shape index (κ3) is 4.77. The summed E-state index contributed by atoms with van der Waals surface area (Å²) in [6, 6.07) is 11.7. The molecule has 6 heteroatoms. The van der Waals surface area contributed by atoms with Gasteiger partial charge in [-0.15, -0.1) is 0 Å². The highest BCUT2D eigenvalue weighted by atomic mass is 35.5. The van der Waals surface area contributed by atoms with E-state index in [1.807, 2.05) is 4.90 Å². The minimum Gasteiger partial charge on any atom is -0.339 e. The topological polar surface area (TPSA) is 49.4 Å². The summed E-state index contributed by atoms with van der Waals surface area (Å²) < 4.78 is 0. The van der Waals surface area contributed by atoms with E-state index in [-0.39, 0.29) is 11.8 Å². The first-order valence-electron chi connectivity index (χ1n) is 8.70. The van der Waals surface area contributed by atoms with E-state index in [1.54, 1.807) is 42.5 Å². The summed E-state index contributed by atoms with van der Waals surface area (Å²) in [7, 11) is 0. The minimum atomic E-state index is -0.325. The van der Waals surface area contributed by atoms with Crippen LogP contribution in [0, 0.1) is 0 Å². The fourth-order valence-corrected chi connectivity index (χ4v) is 3.60. The van der Waals surface area contributed by atoms with Gasteiger partial charge in [0.05, 0.1) is 0 Å². The highest BCUT2D eigenvalue weighted by Crippen LogP contribution is 2.21. The lowest BCUT2D eigenvalue weighted by Gasteiger charge is -2.20. The van der Waals surface area contributed by atoms with Gasteiger partial charge in [0.1, 0.15) is 0 Å². The Hall–Kier alpha value is -2.04.